The highest BCUT2D eigenvalue weighted by Crippen LogP contribution is 2.24. The van der Waals surface area contributed by atoms with Crippen LogP contribution < -0.4 is 10.2 Å². The Morgan fingerprint density at radius 1 is 1.16 bits per heavy atom. The van der Waals surface area contributed by atoms with Crippen LogP contribution >= 0.6 is 0 Å². The minimum atomic E-state index is -0.721. The van der Waals surface area contributed by atoms with Crippen molar-refractivity contribution in [3.63, 3.8) is 0 Å². The molecule has 136 valence electrons. The van der Waals surface area contributed by atoms with Gasteiger partial charge in [-0.25, -0.2) is 14.8 Å². The Morgan fingerprint density at radius 3 is 2.44 bits per heavy atom. The van der Waals surface area contributed by atoms with Crippen molar-refractivity contribution >= 4 is 17.8 Å². The Kier molecular flexibility index (Phi) is 5.35. The predicted molar refractivity (Wildman–Crippen MR) is 92.5 cm³/mol. The fourth-order valence-corrected chi connectivity index (χ4v) is 3.51. The molecule has 1 saturated heterocycles. The highest BCUT2D eigenvalue weighted by molar-refractivity contribution is 5.75. The van der Waals surface area contributed by atoms with Gasteiger partial charge in [0, 0.05) is 38.4 Å². The topological polar surface area (TPSA) is 98.7 Å². The molecule has 0 atom stereocenters. The molecule has 25 heavy (non-hydrogen) atoms. The summed E-state index contributed by atoms with van der Waals surface area (Å²) < 4.78 is 0. The van der Waals surface area contributed by atoms with Crippen LogP contribution in [0.3, 0.4) is 0 Å². The van der Waals surface area contributed by atoms with Gasteiger partial charge in [-0.2, -0.15) is 0 Å². The number of carbonyl (C=O) groups is 2. The SMILES string of the molecule is Cc1nccc(N2CCN(C(=O)NC3CCC(C(=O)O)CC3)CC2)n1. The maximum atomic E-state index is 12.4. The minimum absolute atomic E-state index is 0.0442. The van der Waals surface area contributed by atoms with E-state index < -0.39 is 5.97 Å². The van der Waals surface area contributed by atoms with E-state index in [4.69, 9.17) is 5.11 Å². The van der Waals surface area contributed by atoms with Crippen LogP contribution in [0, 0.1) is 12.8 Å². The normalized spacial score (nSPS) is 24.0. The average Bonchev–Trinajstić information content (AvgIpc) is 2.62. The Morgan fingerprint density at radius 2 is 1.84 bits per heavy atom. The van der Waals surface area contributed by atoms with Gasteiger partial charge in [0.05, 0.1) is 5.92 Å². The maximum absolute atomic E-state index is 12.4. The molecule has 2 aliphatic rings. The maximum Gasteiger partial charge on any atom is 0.317 e. The third-order valence-corrected chi connectivity index (χ3v) is 5.06. The van der Waals surface area contributed by atoms with Gasteiger partial charge in [0.25, 0.3) is 0 Å². The summed E-state index contributed by atoms with van der Waals surface area (Å²) in [4.78, 5) is 36.0. The van der Waals surface area contributed by atoms with Crippen LogP contribution in [-0.4, -0.2) is 64.2 Å². The molecule has 0 radical (unpaired) electrons. The molecule has 1 saturated carbocycles. The number of amides is 2. The number of carbonyl (C=O) groups excluding carboxylic acids is 1. The van der Waals surface area contributed by atoms with E-state index in [1.54, 1.807) is 6.20 Å². The number of piperazine rings is 1. The number of carboxylic acids is 1. The number of aromatic nitrogens is 2. The smallest absolute Gasteiger partial charge is 0.317 e. The molecule has 3 rings (SSSR count). The largest absolute Gasteiger partial charge is 0.481 e. The van der Waals surface area contributed by atoms with Crippen molar-refractivity contribution in [2.45, 2.75) is 38.6 Å². The molecular formula is C17H25N5O3. The van der Waals surface area contributed by atoms with Gasteiger partial charge in [0.2, 0.25) is 0 Å². The summed E-state index contributed by atoms with van der Waals surface area (Å²) in [6.07, 6.45) is 4.51. The van der Waals surface area contributed by atoms with Crippen molar-refractivity contribution in [2.75, 3.05) is 31.1 Å². The Hall–Kier alpha value is -2.38. The van der Waals surface area contributed by atoms with E-state index in [9.17, 15) is 9.59 Å². The number of carboxylic acid groups (broad SMARTS) is 1. The third kappa shape index (κ3) is 4.37. The summed E-state index contributed by atoms with van der Waals surface area (Å²) in [6, 6.07) is 1.94. The minimum Gasteiger partial charge on any atom is -0.481 e. The van der Waals surface area contributed by atoms with E-state index in [-0.39, 0.29) is 18.0 Å². The van der Waals surface area contributed by atoms with Crippen LogP contribution in [-0.2, 0) is 4.79 Å². The van der Waals surface area contributed by atoms with Crippen molar-refractivity contribution in [1.82, 2.24) is 20.2 Å². The van der Waals surface area contributed by atoms with Crippen LogP contribution in [0.1, 0.15) is 31.5 Å². The number of nitrogens with one attached hydrogen (secondary N) is 1. The molecule has 8 heteroatoms. The molecule has 8 nitrogen and oxygen atoms in total. The van der Waals surface area contributed by atoms with Crippen LogP contribution in [0.25, 0.3) is 0 Å². The molecule has 1 aliphatic carbocycles. The predicted octanol–water partition coefficient (Wildman–Crippen LogP) is 1.26. The van der Waals surface area contributed by atoms with Gasteiger partial charge in [-0.3, -0.25) is 4.79 Å². The van der Waals surface area contributed by atoms with Crippen molar-refractivity contribution < 1.29 is 14.7 Å². The zero-order chi connectivity index (χ0) is 17.8. The summed E-state index contributed by atoms with van der Waals surface area (Å²) in [6.45, 7) is 4.66. The lowest BCUT2D eigenvalue weighted by Crippen LogP contribution is -2.54. The quantitative estimate of drug-likeness (QED) is 0.854. The summed E-state index contributed by atoms with van der Waals surface area (Å²) in [5, 5.41) is 12.1. The summed E-state index contributed by atoms with van der Waals surface area (Å²) in [7, 11) is 0. The monoisotopic (exact) mass is 347 g/mol. The molecule has 1 aromatic rings. The summed E-state index contributed by atoms with van der Waals surface area (Å²) in [5.74, 6) is 0.669. The number of aliphatic carboxylic acids is 1. The van der Waals surface area contributed by atoms with Gasteiger partial charge < -0.3 is 20.2 Å². The lowest BCUT2D eigenvalue weighted by Gasteiger charge is -2.36. The molecule has 1 aliphatic heterocycles. The lowest BCUT2D eigenvalue weighted by atomic mass is 9.86. The summed E-state index contributed by atoms with van der Waals surface area (Å²) >= 11 is 0. The van der Waals surface area contributed by atoms with Crippen molar-refractivity contribution in [2.24, 2.45) is 5.92 Å². The van der Waals surface area contributed by atoms with E-state index >= 15 is 0 Å². The van der Waals surface area contributed by atoms with E-state index in [2.05, 4.69) is 20.2 Å². The molecular weight excluding hydrogens is 322 g/mol. The number of anilines is 1. The first-order chi connectivity index (χ1) is 12.0. The van der Waals surface area contributed by atoms with E-state index in [0.717, 1.165) is 37.6 Å². The summed E-state index contributed by atoms with van der Waals surface area (Å²) in [5.41, 5.74) is 0. The van der Waals surface area contributed by atoms with Gasteiger partial charge in [0.1, 0.15) is 11.6 Å². The first kappa shape index (κ1) is 17.4. The molecule has 2 N–H and O–H groups in total. The number of urea groups is 1. The first-order valence-electron chi connectivity index (χ1n) is 8.86. The third-order valence-electron chi connectivity index (χ3n) is 5.06. The fraction of sp³-hybridized carbons (Fsp3) is 0.647. The Bertz CT molecular complexity index is 622. The van der Waals surface area contributed by atoms with Gasteiger partial charge in [0.15, 0.2) is 0 Å². The number of aryl methyl sites for hydroxylation is 1. The lowest BCUT2D eigenvalue weighted by molar-refractivity contribution is -0.142. The zero-order valence-corrected chi connectivity index (χ0v) is 14.5. The zero-order valence-electron chi connectivity index (χ0n) is 14.5. The second-order valence-corrected chi connectivity index (χ2v) is 6.77. The van der Waals surface area contributed by atoms with Crippen LogP contribution in [0.15, 0.2) is 12.3 Å². The Balaban J connectivity index is 1.45. The Labute approximate surface area is 147 Å². The van der Waals surface area contributed by atoms with Crippen molar-refractivity contribution in [3.8, 4) is 0 Å². The van der Waals surface area contributed by atoms with Gasteiger partial charge >= 0.3 is 12.0 Å². The average molecular weight is 347 g/mol. The number of rotatable bonds is 3. The van der Waals surface area contributed by atoms with Crippen LogP contribution in [0.4, 0.5) is 10.6 Å². The number of hydrogen-bond acceptors (Lipinski definition) is 5. The fourth-order valence-electron chi connectivity index (χ4n) is 3.51. The second kappa shape index (κ2) is 7.67. The first-order valence-corrected chi connectivity index (χ1v) is 8.86. The highest BCUT2D eigenvalue weighted by atomic mass is 16.4. The molecule has 2 heterocycles. The molecule has 0 aromatic carbocycles. The molecule has 2 fully saturated rings. The van der Waals surface area contributed by atoms with Crippen LogP contribution in [0.2, 0.25) is 0 Å². The van der Waals surface area contributed by atoms with E-state index in [0.29, 0.717) is 25.9 Å². The van der Waals surface area contributed by atoms with E-state index in [1.807, 2.05) is 17.9 Å². The van der Waals surface area contributed by atoms with Gasteiger partial charge in [-0.15, -0.1) is 0 Å². The highest BCUT2D eigenvalue weighted by Gasteiger charge is 2.28. The molecule has 2 amide bonds. The molecule has 1 aromatic heterocycles. The standard InChI is InChI=1S/C17H25N5O3/c1-12-18-7-6-15(19-12)21-8-10-22(11-9-21)17(25)20-14-4-2-13(3-5-14)16(23)24/h6-7,13-14H,2-5,8-11H2,1H3,(H,20,25)(H,23,24). The van der Waals surface area contributed by atoms with Gasteiger partial charge in [-0.05, 0) is 38.7 Å². The molecule has 0 spiro atoms. The van der Waals surface area contributed by atoms with Crippen molar-refractivity contribution in [1.29, 1.82) is 0 Å². The van der Waals surface area contributed by atoms with Crippen LogP contribution in [0.5, 0.6) is 0 Å². The molecule has 0 unspecified atom stereocenters. The second-order valence-electron chi connectivity index (χ2n) is 6.77. The number of nitrogens with zero attached hydrogens (tertiary/aromatic N) is 4. The van der Waals surface area contributed by atoms with Gasteiger partial charge in [-0.1, -0.05) is 0 Å². The van der Waals surface area contributed by atoms with Crippen molar-refractivity contribution in [3.05, 3.63) is 18.1 Å². The van der Waals surface area contributed by atoms with E-state index in [1.165, 1.54) is 0 Å². The number of hydrogen-bond donors (Lipinski definition) is 2. The molecule has 0 bridgehead atoms.